The summed E-state index contributed by atoms with van der Waals surface area (Å²) in [7, 11) is -2.77. The molecule has 0 bridgehead atoms. The van der Waals surface area contributed by atoms with Gasteiger partial charge in [0.1, 0.15) is 9.84 Å². The summed E-state index contributed by atoms with van der Waals surface area (Å²) >= 11 is 0. The minimum absolute atomic E-state index is 0.303. The van der Waals surface area contributed by atoms with Crippen molar-refractivity contribution in [1.82, 2.24) is 5.32 Å². The van der Waals surface area contributed by atoms with Crippen molar-refractivity contribution in [3.63, 3.8) is 0 Å². The Bertz CT molecular complexity index is 230. The van der Waals surface area contributed by atoms with Crippen LogP contribution in [0.15, 0.2) is 0 Å². The molecule has 0 aromatic heterocycles. The van der Waals surface area contributed by atoms with Gasteiger partial charge in [-0.1, -0.05) is 0 Å². The molecule has 0 saturated carbocycles. The van der Waals surface area contributed by atoms with E-state index in [0.717, 1.165) is 25.9 Å². The van der Waals surface area contributed by atoms with Crippen molar-refractivity contribution >= 4 is 9.84 Å². The van der Waals surface area contributed by atoms with Crippen LogP contribution >= 0.6 is 0 Å². The van der Waals surface area contributed by atoms with Gasteiger partial charge in [0.2, 0.25) is 0 Å². The summed E-state index contributed by atoms with van der Waals surface area (Å²) in [4.78, 5) is 0. The maximum absolute atomic E-state index is 10.8. The van der Waals surface area contributed by atoms with E-state index in [1.165, 1.54) is 6.26 Å². The molecule has 1 radical (unpaired) electrons. The van der Waals surface area contributed by atoms with E-state index in [-0.39, 0.29) is 0 Å². The van der Waals surface area contributed by atoms with Gasteiger partial charge >= 0.3 is 0 Å². The second-order valence-corrected chi connectivity index (χ2v) is 6.00. The van der Waals surface area contributed by atoms with Crippen molar-refractivity contribution in [1.29, 1.82) is 0 Å². The Hall–Kier alpha value is -0.0900. The minimum Gasteiger partial charge on any atom is -0.317 e. The Morgan fingerprint density at radius 1 is 1.38 bits per heavy atom. The highest BCUT2D eigenvalue weighted by atomic mass is 32.2. The second kappa shape index (κ2) is 4.96. The van der Waals surface area contributed by atoms with Gasteiger partial charge in [-0.25, -0.2) is 8.42 Å². The fraction of sp³-hybridized carbons (Fsp3) is 0.889. The van der Waals surface area contributed by atoms with Gasteiger partial charge in [0.05, 0.1) is 5.75 Å². The number of piperidine rings is 1. The average Bonchev–Trinajstić information content (AvgIpc) is 2.04. The van der Waals surface area contributed by atoms with Gasteiger partial charge in [0, 0.05) is 6.26 Å². The molecule has 13 heavy (non-hydrogen) atoms. The van der Waals surface area contributed by atoms with Crippen molar-refractivity contribution in [2.75, 3.05) is 25.1 Å². The van der Waals surface area contributed by atoms with Crippen molar-refractivity contribution in [3.05, 3.63) is 6.42 Å². The highest BCUT2D eigenvalue weighted by molar-refractivity contribution is 7.90. The Morgan fingerprint density at radius 3 is 2.54 bits per heavy atom. The summed E-state index contributed by atoms with van der Waals surface area (Å²) in [5.41, 5.74) is 0. The van der Waals surface area contributed by atoms with Crippen LogP contribution in [0, 0.1) is 12.3 Å². The maximum atomic E-state index is 10.8. The lowest BCUT2D eigenvalue weighted by Gasteiger charge is -2.21. The molecule has 0 spiro atoms. The fourth-order valence-electron chi connectivity index (χ4n) is 1.60. The summed E-state index contributed by atoms with van der Waals surface area (Å²) in [6.07, 6.45) is 6.49. The molecule has 1 saturated heterocycles. The summed E-state index contributed by atoms with van der Waals surface area (Å²) < 4.78 is 21.7. The highest BCUT2D eigenvalue weighted by Crippen LogP contribution is 2.16. The number of hydrogen-bond donors (Lipinski definition) is 1. The fourth-order valence-corrected chi connectivity index (χ4v) is 2.16. The van der Waals surface area contributed by atoms with Crippen LogP contribution in [0.5, 0.6) is 0 Å². The lowest BCUT2D eigenvalue weighted by atomic mass is 9.94. The van der Waals surface area contributed by atoms with Gasteiger partial charge in [0.15, 0.2) is 0 Å². The van der Waals surface area contributed by atoms with Crippen LogP contribution in [-0.2, 0) is 9.84 Å². The smallest absolute Gasteiger partial charge is 0.147 e. The molecular weight excluding hydrogens is 186 g/mol. The molecule has 3 nitrogen and oxygen atoms in total. The zero-order chi connectivity index (χ0) is 9.73. The van der Waals surface area contributed by atoms with E-state index in [9.17, 15) is 8.42 Å². The third-order valence-corrected chi connectivity index (χ3v) is 3.35. The quantitative estimate of drug-likeness (QED) is 0.730. The largest absolute Gasteiger partial charge is 0.317 e. The minimum atomic E-state index is -2.77. The van der Waals surface area contributed by atoms with E-state index in [0.29, 0.717) is 18.1 Å². The molecule has 1 fully saturated rings. The molecule has 1 aliphatic heterocycles. The van der Waals surface area contributed by atoms with E-state index < -0.39 is 9.84 Å². The third kappa shape index (κ3) is 5.26. The van der Waals surface area contributed by atoms with Gasteiger partial charge in [-0.3, -0.25) is 0 Å². The standard InChI is InChI=1S/C9H18NO2S/c1-13(11,12)8-2-3-9-4-6-10-7-5-9/h3,9-10H,2,4-8H2,1H3. The van der Waals surface area contributed by atoms with Crippen LogP contribution in [0.3, 0.4) is 0 Å². The molecule has 0 unspecified atom stereocenters. The number of nitrogens with one attached hydrogen (secondary N) is 1. The highest BCUT2D eigenvalue weighted by Gasteiger charge is 2.13. The molecular formula is C9H18NO2S. The first-order valence-corrected chi connectivity index (χ1v) is 6.86. The van der Waals surface area contributed by atoms with Gasteiger partial charge < -0.3 is 5.32 Å². The molecule has 77 valence electrons. The van der Waals surface area contributed by atoms with E-state index in [2.05, 4.69) is 11.7 Å². The zero-order valence-electron chi connectivity index (χ0n) is 8.12. The maximum Gasteiger partial charge on any atom is 0.147 e. The molecule has 0 atom stereocenters. The van der Waals surface area contributed by atoms with Gasteiger partial charge in [-0.05, 0) is 44.7 Å². The predicted octanol–water partition coefficient (Wildman–Crippen LogP) is 0.625. The molecule has 0 aromatic carbocycles. The summed E-state index contributed by atoms with van der Waals surface area (Å²) in [5, 5.41) is 3.28. The Balaban J connectivity index is 2.11. The molecule has 1 rings (SSSR count). The predicted molar refractivity (Wildman–Crippen MR) is 54.2 cm³/mol. The second-order valence-electron chi connectivity index (χ2n) is 3.74. The van der Waals surface area contributed by atoms with Crippen LogP contribution in [0.25, 0.3) is 0 Å². The van der Waals surface area contributed by atoms with Crippen molar-refractivity contribution in [2.24, 2.45) is 5.92 Å². The SMILES string of the molecule is CS(=O)(=O)CC[CH]C1CCNCC1. The molecule has 0 amide bonds. The molecule has 1 heterocycles. The monoisotopic (exact) mass is 204 g/mol. The van der Waals surface area contributed by atoms with Crippen LogP contribution in [0.1, 0.15) is 19.3 Å². The van der Waals surface area contributed by atoms with Gasteiger partial charge in [-0.2, -0.15) is 0 Å². The summed E-state index contributed by atoms with van der Waals surface area (Å²) in [6, 6.07) is 0. The van der Waals surface area contributed by atoms with E-state index in [1.807, 2.05) is 0 Å². The number of rotatable bonds is 4. The Morgan fingerprint density at radius 2 is 2.00 bits per heavy atom. The Labute approximate surface area is 80.8 Å². The van der Waals surface area contributed by atoms with E-state index in [4.69, 9.17) is 0 Å². The average molecular weight is 204 g/mol. The first-order chi connectivity index (χ1) is 6.08. The molecule has 0 aliphatic carbocycles. The van der Waals surface area contributed by atoms with Crippen molar-refractivity contribution in [3.8, 4) is 0 Å². The number of sulfone groups is 1. The van der Waals surface area contributed by atoms with Crippen LogP contribution in [0.2, 0.25) is 0 Å². The normalized spacial score (nSPS) is 20.4. The lowest BCUT2D eigenvalue weighted by molar-refractivity contribution is 0.409. The topological polar surface area (TPSA) is 46.2 Å². The summed E-state index contributed by atoms with van der Waals surface area (Å²) in [6.45, 7) is 2.14. The zero-order valence-corrected chi connectivity index (χ0v) is 8.94. The lowest BCUT2D eigenvalue weighted by Crippen LogP contribution is -2.28. The third-order valence-electron chi connectivity index (χ3n) is 2.37. The first-order valence-electron chi connectivity index (χ1n) is 4.80. The van der Waals surface area contributed by atoms with Crippen molar-refractivity contribution < 1.29 is 8.42 Å². The van der Waals surface area contributed by atoms with E-state index >= 15 is 0 Å². The Kier molecular flexibility index (Phi) is 4.19. The first kappa shape index (κ1) is 11.0. The summed E-state index contributed by atoms with van der Waals surface area (Å²) in [5.74, 6) is 0.930. The molecule has 1 aliphatic rings. The van der Waals surface area contributed by atoms with Gasteiger partial charge in [0.25, 0.3) is 0 Å². The van der Waals surface area contributed by atoms with Crippen LogP contribution < -0.4 is 5.32 Å². The van der Waals surface area contributed by atoms with Crippen LogP contribution in [0.4, 0.5) is 0 Å². The molecule has 1 N–H and O–H groups in total. The van der Waals surface area contributed by atoms with Crippen LogP contribution in [-0.4, -0.2) is 33.5 Å². The van der Waals surface area contributed by atoms with Gasteiger partial charge in [-0.15, -0.1) is 0 Å². The van der Waals surface area contributed by atoms with E-state index in [1.54, 1.807) is 0 Å². The number of hydrogen-bond acceptors (Lipinski definition) is 3. The molecule has 0 aromatic rings. The molecule has 4 heteroatoms. The van der Waals surface area contributed by atoms with Crippen molar-refractivity contribution in [2.45, 2.75) is 19.3 Å².